The summed E-state index contributed by atoms with van der Waals surface area (Å²) in [5, 5.41) is 13.3. The molecular formula is C30H42F3N3O4S. The van der Waals surface area contributed by atoms with Crippen LogP contribution in [0.2, 0.25) is 0 Å². The van der Waals surface area contributed by atoms with Gasteiger partial charge in [0.1, 0.15) is 11.0 Å². The van der Waals surface area contributed by atoms with Crippen LogP contribution in [0.15, 0.2) is 29.2 Å². The molecule has 0 spiro atoms. The van der Waals surface area contributed by atoms with E-state index < -0.39 is 39.3 Å². The van der Waals surface area contributed by atoms with Gasteiger partial charge in [-0.15, -0.1) is 0 Å². The van der Waals surface area contributed by atoms with Gasteiger partial charge in [0.15, 0.2) is 0 Å². The molecule has 0 bridgehead atoms. The summed E-state index contributed by atoms with van der Waals surface area (Å²) >= 11 is 0. The molecular weight excluding hydrogens is 555 g/mol. The molecule has 2 aromatic rings. The van der Waals surface area contributed by atoms with Crippen LogP contribution in [0.25, 0.3) is 11.3 Å². The molecule has 2 unspecified atom stereocenters. The standard InChI is InChI=1S/C30H42F3N3O4S/c1-19-24(28(37)34-23-12-14-40-15-13-23)17-26(36(19)18-21-8-6-5-7-9-21)22-10-11-27(25(16-22)30(31,32)33)41(39)35-20(2)29(3,4)38/h10-11,16-17,20-21,23,35,38H,5-9,12-15,18H2,1-4H3,(H,34,37). The zero-order chi connectivity index (χ0) is 29.9. The monoisotopic (exact) mass is 597 g/mol. The van der Waals surface area contributed by atoms with Gasteiger partial charge in [-0.2, -0.15) is 13.2 Å². The number of alkyl halides is 3. The summed E-state index contributed by atoms with van der Waals surface area (Å²) in [4.78, 5) is 13.0. The van der Waals surface area contributed by atoms with Crippen molar-refractivity contribution in [1.82, 2.24) is 14.6 Å². The van der Waals surface area contributed by atoms with E-state index in [0.29, 0.717) is 55.3 Å². The van der Waals surface area contributed by atoms with Gasteiger partial charge >= 0.3 is 6.18 Å². The Hall–Kier alpha value is -2.21. The molecule has 1 aliphatic heterocycles. The van der Waals surface area contributed by atoms with E-state index in [4.69, 9.17) is 4.74 Å². The van der Waals surface area contributed by atoms with Crippen molar-refractivity contribution in [2.45, 2.75) is 108 Å². The number of aliphatic hydroxyl groups is 1. The van der Waals surface area contributed by atoms with Crippen LogP contribution < -0.4 is 10.0 Å². The lowest BCUT2D eigenvalue weighted by molar-refractivity contribution is -0.139. The number of carbonyl (C=O) groups excluding carboxylic acids is 1. The van der Waals surface area contributed by atoms with Gasteiger partial charge < -0.3 is 19.7 Å². The topological polar surface area (TPSA) is 92.6 Å². The maximum absolute atomic E-state index is 14.3. The van der Waals surface area contributed by atoms with E-state index in [1.807, 2.05) is 11.5 Å². The second kappa shape index (κ2) is 13.0. The smallest absolute Gasteiger partial charge is 0.389 e. The number of benzene rings is 1. The van der Waals surface area contributed by atoms with Gasteiger partial charge in [-0.25, -0.2) is 8.93 Å². The van der Waals surface area contributed by atoms with Gasteiger partial charge in [0.05, 0.1) is 21.6 Å². The Balaban J connectivity index is 1.73. The maximum atomic E-state index is 14.3. The lowest BCUT2D eigenvalue weighted by Gasteiger charge is -2.27. The number of amides is 1. The van der Waals surface area contributed by atoms with Crippen LogP contribution in [0.3, 0.4) is 0 Å². The fourth-order valence-electron chi connectivity index (χ4n) is 5.52. The molecule has 0 radical (unpaired) electrons. The summed E-state index contributed by atoms with van der Waals surface area (Å²) in [6.45, 7) is 8.17. The zero-order valence-electron chi connectivity index (χ0n) is 24.3. The van der Waals surface area contributed by atoms with Crippen molar-refractivity contribution in [1.29, 1.82) is 0 Å². The van der Waals surface area contributed by atoms with Gasteiger partial charge in [-0.1, -0.05) is 25.3 Å². The lowest BCUT2D eigenvalue weighted by atomic mass is 9.89. The highest BCUT2D eigenvalue weighted by molar-refractivity contribution is 7.83. The molecule has 2 heterocycles. The Kier molecular flexibility index (Phi) is 10.0. The number of nitrogens with zero attached hydrogens (tertiary/aromatic N) is 1. The van der Waals surface area contributed by atoms with Crippen molar-refractivity contribution in [3.63, 3.8) is 0 Å². The predicted molar refractivity (Wildman–Crippen MR) is 153 cm³/mol. The molecule has 1 saturated carbocycles. The summed E-state index contributed by atoms with van der Waals surface area (Å²) in [7, 11) is -2.22. The summed E-state index contributed by atoms with van der Waals surface area (Å²) in [5.41, 5.74) is -0.294. The molecule has 1 aromatic heterocycles. The average Bonchev–Trinajstić information content (AvgIpc) is 3.24. The van der Waals surface area contributed by atoms with Gasteiger partial charge in [-0.05, 0) is 83.1 Å². The van der Waals surface area contributed by atoms with E-state index in [-0.39, 0.29) is 11.9 Å². The maximum Gasteiger partial charge on any atom is 0.417 e. The summed E-state index contributed by atoms with van der Waals surface area (Å²) in [5.74, 6) is 0.137. The fraction of sp³-hybridized carbons (Fsp3) is 0.633. The highest BCUT2D eigenvalue weighted by atomic mass is 32.2. The number of hydrogen-bond acceptors (Lipinski definition) is 4. The fourth-order valence-corrected chi connectivity index (χ4v) is 6.83. The summed E-state index contributed by atoms with van der Waals surface area (Å²) in [6.07, 6.45) is 2.16. The molecule has 4 rings (SSSR count). The van der Waals surface area contributed by atoms with Crippen LogP contribution in [0.4, 0.5) is 13.2 Å². The molecule has 228 valence electrons. The second-order valence-electron chi connectivity index (χ2n) is 12.0. The van der Waals surface area contributed by atoms with Crippen LogP contribution in [0.5, 0.6) is 0 Å². The minimum atomic E-state index is -4.76. The second-order valence-corrected chi connectivity index (χ2v) is 13.2. The Morgan fingerprint density at radius 3 is 2.39 bits per heavy atom. The van der Waals surface area contributed by atoms with Crippen LogP contribution in [0.1, 0.15) is 87.3 Å². The number of rotatable bonds is 9. The first-order valence-corrected chi connectivity index (χ1v) is 15.6. The van der Waals surface area contributed by atoms with Gasteiger partial charge in [0.25, 0.3) is 5.91 Å². The first-order valence-electron chi connectivity index (χ1n) is 14.5. The third-order valence-electron chi connectivity index (χ3n) is 8.46. The molecule has 1 amide bonds. The highest BCUT2D eigenvalue weighted by Gasteiger charge is 2.37. The number of aromatic nitrogens is 1. The number of ether oxygens (including phenoxy) is 1. The molecule has 41 heavy (non-hydrogen) atoms. The molecule has 1 aromatic carbocycles. The van der Waals surface area contributed by atoms with E-state index in [2.05, 4.69) is 10.0 Å². The molecule has 1 saturated heterocycles. The SMILES string of the molecule is Cc1c(C(=O)NC2CCOCC2)cc(-c2ccc(S(=O)NC(C)C(C)(C)O)c(C(F)(F)F)c2)n1CC1CCCCC1. The number of halogens is 3. The van der Waals surface area contributed by atoms with Gasteiger partial charge in [-0.3, -0.25) is 4.79 Å². The molecule has 1 aliphatic carbocycles. The minimum absolute atomic E-state index is 0.00863. The van der Waals surface area contributed by atoms with Gasteiger partial charge in [0, 0.05) is 43.2 Å². The Bertz CT molecular complexity index is 1240. The number of nitrogens with one attached hydrogen (secondary N) is 2. The van der Waals surface area contributed by atoms with Crippen LogP contribution in [0, 0.1) is 12.8 Å². The van der Waals surface area contributed by atoms with Crippen LogP contribution in [-0.4, -0.2) is 50.7 Å². The first-order chi connectivity index (χ1) is 19.3. The third kappa shape index (κ3) is 7.80. The summed E-state index contributed by atoms with van der Waals surface area (Å²) in [6, 6.07) is 4.74. The first kappa shape index (κ1) is 31.7. The van der Waals surface area contributed by atoms with Gasteiger partial charge in [0.2, 0.25) is 0 Å². The third-order valence-corrected chi connectivity index (χ3v) is 9.78. The molecule has 2 atom stereocenters. The van der Waals surface area contributed by atoms with E-state index in [1.165, 1.54) is 32.4 Å². The van der Waals surface area contributed by atoms with Crippen molar-refractivity contribution in [3.8, 4) is 11.3 Å². The molecule has 7 nitrogen and oxygen atoms in total. The largest absolute Gasteiger partial charge is 0.417 e. The van der Waals surface area contributed by atoms with Crippen LogP contribution >= 0.6 is 0 Å². The Morgan fingerprint density at radius 2 is 1.78 bits per heavy atom. The van der Waals surface area contributed by atoms with Crippen LogP contribution in [-0.2, 0) is 28.4 Å². The zero-order valence-corrected chi connectivity index (χ0v) is 25.1. The van der Waals surface area contributed by atoms with E-state index in [0.717, 1.165) is 37.4 Å². The molecule has 2 aliphatic rings. The number of carbonyl (C=O) groups is 1. The van der Waals surface area contributed by atoms with E-state index in [9.17, 15) is 27.3 Å². The van der Waals surface area contributed by atoms with Crippen molar-refractivity contribution < 1.29 is 32.0 Å². The molecule has 2 fully saturated rings. The van der Waals surface area contributed by atoms with Crippen molar-refractivity contribution in [2.75, 3.05) is 13.2 Å². The summed E-state index contributed by atoms with van der Waals surface area (Å²) < 4.78 is 66.0. The van der Waals surface area contributed by atoms with Crippen molar-refractivity contribution in [3.05, 3.63) is 41.1 Å². The Morgan fingerprint density at radius 1 is 1.12 bits per heavy atom. The minimum Gasteiger partial charge on any atom is -0.389 e. The van der Waals surface area contributed by atoms with E-state index >= 15 is 0 Å². The van der Waals surface area contributed by atoms with Crippen molar-refractivity contribution >= 4 is 16.9 Å². The van der Waals surface area contributed by atoms with Crippen molar-refractivity contribution in [2.24, 2.45) is 5.92 Å². The average molecular weight is 598 g/mol. The van der Waals surface area contributed by atoms with E-state index in [1.54, 1.807) is 13.0 Å². The quantitative estimate of drug-likeness (QED) is 0.344. The highest BCUT2D eigenvalue weighted by Crippen LogP contribution is 2.38. The molecule has 3 N–H and O–H groups in total. The lowest BCUT2D eigenvalue weighted by Crippen LogP contribution is -2.45. The predicted octanol–water partition coefficient (Wildman–Crippen LogP) is 5.74. The molecule has 11 heteroatoms. The number of hydrogen-bond donors (Lipinski definition) is 3. The normalized spacial score (nSPS) is 19.2. The Labute approximate surface area is 242 Å².